The van der Waals surface area contributed by atoms with Gasteiger partial charge < -0.3 is 9.15 Å². The predicted molar refractivity (Wildman–Crippen MR) is 134 cm³/mol. The SMILES string of the molecule is CC(=O)OOc1cccc(C[C@@H]2CCC[C@H]3O[C@@]23c2nc(-c3ccccc3)c(-c3ccccc3)o2)c1. The Morgan fingerprint density at radius 3 is 2.47 bits per heavy atom. The third-order valence-corrected chi connectivity index (χ3v) is 7.06. The zero-order valence-corrected chi connectivity index (χ0v) is 20.1. The minimum absolute atomic E-state index is 0.0997. The first kappa shape index (κ1) is 22.6. The molecule has 0 spiro atoms. The predicted octanol–water partition coefficient (Wildman–Crippen LogP) is 6.50. The van der Waals surface area contributed by atoms with E-state index in [1.54, 1.807) is 6.07 Å². The zero-order chi connectivity index (χ0) is 24.5. The minimum Gasteiger partial charge on any atom is -0.437 e. The number of benzene rings is 3. The van der Waals surface area contributed by atoms with Crippen molar-refractivity contribution in [2.75, 3.05) is 0 Å². The first-order valence-electron chi connectivity index (χ1n) is 12.4. The highest BCUT2D eigenvalue weighted by Crippen LogP contribution is 2.59. The Bertz CT molecular complexity index is 1310. The van der Waals surface area contributed by atoms with E-state index >= 15 is 0 Å². The van der Waals surface area contributed by atoms with Crippen LogP contribution in [0, 0.1) is 5.92 Å². The summed E-state index contributed by atoms with van der Waals surface area (Å²) >= 11 is 0. The van der Waals surface area contributed by atoms with Gasteiger partial charge in [0.25, 0.3) is 0 Å². The molecule has 1 aliphatic heterocycles. The van der Waals surface area contributed by atoms with Crippen molar-refractivity contribution in [3.05, 3.63) is 96.4 Å². The Hall–Kier alpha value is -3.90. The third-order valence-electron chi connectivity index (χ3n) is 7.06. The Morgan fingerprint density at radius 1 is 0.972 bits per heavy atom. The second-order valence-corrected chi connectivity index (χ2v) is 9.47. The van der Waals surface area contributed by atoms with Crippen LogP contribution >= 0.6 is 0 Å². The highest BCUT2D eigenvalue weighted by Gasteiger charge is 2.67. The number of hydrogen-bond acceptors (Lipinski definition) is 6. The fraction of sp³-hybridized carbons (Fsp3) is 0.267. The summed E-state index contributed by atoms with van der Waals surface area (Å²) in [5, 5.41) is 0. The number of fused-ring (bicyclic) bond motifs is 1. The molecule has 1 saturated heterocycles. The molecule has 1 aromatic heterocycles. The summed E-state index contributed by atoms with van der Waals surface area (Å²) < 4.78 is 13.0. The molecular formula is C30H27NO5. The molecule has 0 N–H and O–H groups in total. The molecule has 0 amide bonds. The van der Waals surface area contributed by atoms with Crippen molar-refractivity contribution in [2.45, 2.75) is 44.3 Å². The lowest BCUT2D eigenvalue weighted by atomic mass is 9.75. The fourth-order valence-corrected chi connectivity index (χ4v) is 5.39. The van der Waals surface area contributed by atoms with Crippen molar-refractivity contribution in [3.63, 3.8) is 0 Å². The molecule has 3 aromatic carbocycles. The van der Waals surface area contributed by atoms with Gasteiger partial charge in [-0.3, -0.25) is 9.78 Å². The summed E-state index contributed by atoms with van der Waals surface area (Å²) in [6.45, 7) is 1.31. The molecular weight excluding hydrogens is 454 g/mol. The standard InChI is InChI=1S/C30H27NO5/c1-20(32)35-36-25-16-8-10-21(19-25)18-24-15-9-17-26-30(24,34-26)29-31-27(22-11-4-2-5-12-22)28(33-29)23-13-6-3-7-14-23/h2-8,10-14,16,19,24,26H,9,15,17-18H2,1H3/t24-,26+,30-/m0/s1. The molecule has 0 unspecified atom stereocenters. The minimum atomic E-state index is -0.540. The Kier molecular flexibility index (Phi) is 5.82. The Morgan fingerprint density at radius 2 is 1.72 bits per heavy atom. The maximum Gasteiger partial charge on any atom is 0.352 e. The molecule has 36 heavy (non-hydrogen) atoms. The van der Waals surface area contributed by atoms with Gasteiger partial charge in [0.15, 0.2) is 17.1 Å². The highest BCUT2D eigenvalue weighted by atomic mass is 17.2. The molecule has 2 heterocycles. The smallest absolute Gasteiger partial charge is 0.352 e. The number of carbonyl (C=O) groups is 1. The van der Waals surface area contributed by atoms with Gasteiger partial charge in [0.05, 0.1) is 6.10 Å². The van der Waals surface area contributed by atoms with E-state index in [0.717, 1.165) is 53.8 Å². The quantitative estimate of drug-likeness (QED) is 0.170. The second kappa shape index (κ2) is 9.28. The molecule has 0 bridgehead atoms. The summed E-state index contributed by atoms with van der Waals surface area (Å²) in [4.78, 5) is 26.1. The van der Waals surface area contributed by atoms with Gasteiger partial charge in [-0.2, -0.15) is 0 Å². The lowest BCUT2D eigenvalue weighted by Crippen LogP contribution is -2.30. The lowest BCUT2D eigenvalue weighted by molar-refractivity contribution is -0.210. The van der Waals surface area contributed by atoms with Gasteiger partial charge >= 0.3 is 5.97 Å². The summed E-state index contributed by atoms with van der Waals surface area (Å²) in [5.74, 6) is 1.62. The van der Waals surface area contributed by atoms with Crippen molar-refractivity contribution in [1.82, 2.24) is 4.98 Å². The third kappa shape index (κ3) is 4.18. The van der Waals surface area contributed by atoms with Gasteiger partial charge in [-0.15, -0.1) is 0 Å². The van der Waals surface area contributed by atoms with Crippen molar-refractivity contribution in [2.24, 2.45) is 5.92 Å². The second-order valence-electron chi connectivity index (χ2n) is 9.47. The van der Waals surface area contributed by atoms with E-state index in [2.05, 4.69) is 18.2 Å². The molecule has 6 heteroatoms. The number of nitrogens with zero attached hydrogens (tertiary/aromatic N) is 1. The number of ether oxygens (including phenoxy) is 1. The molecule has 1 aliphatic carbocycles. The fourth-order valence-electron chi connectivity index (χ4n) is 5.39. The van der Waals surface area contributed by atoms with E-state index in [0.29, 0.717) is 11.6 Å². The van der Waals surface area contributed by atoms with Crippen LogP contribution in [-0.4, -0.2) is 17.1 Å². The van der Waals surface area contributed by atoms with Crippen LogP contribution < -0.4 is 4.89 Å². The summed E-state index contributed by atoms with van der Waals surface area (Å²) in [5.41, 5.74) is 3.38. The number of rotatable bonds is 7. The van der Waals surface area contributed by atoms with Gasteiger partial charge in [0, 0.05) is 24.0 Å². The largest absolute Gasteiger partial charge is 0.437 e. The van der Waals surface area contributed by atoms with Gasteiger partial charge in [-0.1, -0.05) is 79.2 Å². The summed E-state index contributed by atoms with van der Waals surface area (Å²) in [6.07, 6.45) is 3.98. The average molecular weight is 482 g/mol. The van der Waals surface area contributed by atoms with E-state index in [1.807, 2.05) is 60.7 Å². The van der Waals surface area contributed by atoms with Crippen molar-refractivity contribution in [1.29, 1.82) is 0 Å². The Labute approximate surface area is 209 Å². The molecule has 0 radical (unpaired) electrons. The van der Waals surface area contributed by atoms with E-state index in [9.17, 15) is 4.79 Å². The van der Waals surface area contributed by atoms with Crippen LogP contribution in [0.4, 0.5) is 0 Å². The van der Waals surface area contributed by atoms with E-state index in [-0.39, 0.29) is 12.0 Å². The van der Waals surface area contributed by atoms with Gasteiger partial charge in [0.2, 0.25) is 5.89 Å². The molecule has 4 aromatic rings. The number of oxazole rings is 1. The maximum absolute atomic E-state index is 11.1. The van der Waals surface area contributed by atoms with E-state index in [4.69, 9.17) is 23.9 Å². The normalized spacial score (nSPS) is 22.5. The molecule has 2 aliphatic rings. The van der Waals surface area contributed by atoms with Crippen LogP contribution in [0.1, 0.15) is 37.6 Å². The molecule has 3 atom stereocenters. The van der Waals surface area contributed by atoms with Crippen LogP contribution in [-0.2, 0) is 26.4 Å². The van der Waals surface area contributed by atoms with E-state index in [1.165, 1.54) is 6.92 Å². The summed E-state index contributed by atoms with van der Waals surface area (Å²) in [7, 11) is 0. The molecule has 182 valence electrons. The maximum atomic E-state index is 11.1. The van der Waals surface area contributed by atoms with Crippen molar-refractivity contribution >= 4 is 5.97 Å². The van der Waals surface area contributed by atoms with Gasteiger partial charge in [-0.05, 0) is 37.0 Å². The molecule has 6 rings (SSSR count). The number of epoxide rings is 1. The number of aromatic nitrogens is 1. The van der Waals surface area contributed by atoms with Crippen molar-refractivity contribution < 1.29 is 23.7 Å². The van der Waals surface area contributed by atoms with Crippen LogP contribution in [0.15, 0.2) is 89.3 Å². The van der Waals surface area contributed by atoms with Gasteiger partial charge in [0.1, 0.15) is 5.69 Å². The van der Waals surface area contributed by atoms with E-state index < -0.39 is 11.6 Å². The van der Waals surface area contributed by atoms with Crippen LogP contribution in [0.25, 0.3) is 22.6 Å². The van der Waals surface area contributed by atoms with Crippen LogP contribution in [0.3, 0.4) is 0 Å². The molecule has 2 fully saturated rings. The average Bonchev–Trinajstić information content (AvgIpc) is 3.51. The summed E-state index contributed by atoms with van der Waals surface area (Å²) in [6, 6.07) is 27.9. The van der Waals surface area contributed by atoms with Crippen LogP contribution in [0.5, 0.6) is 5.75 Å². The topological polar surface area (TPSA) is 74.1 Å². The number of hydrogen-bond donors (Lipinski definition) is 0. The number of carbonyl (C=O) groups excluding carboxylic acids is 1. The highest BCUT2D eigenvalue weighted by molar-refractivity contribution is 5.77. The first-order valence-corrected chi connectivity index (χ1v) is 12.4. The van der Waals surface area contributed by atoms with Crippen LogP contribution in [0.2, 0.25) is 0 Å². The zero-order valence-electron chi connectivity index (χ0n) is 20.1. The Balaban J connectivity index is 1.35. The first-order chi connectivity index (χ1) is 17.6. The molecule has 6 nitrogen and oxygen atoms in total. The lowest BCUT2D eigenvalue weighted by Gasteiger charge is -2.26. The van der Waals surface area contributed by atoms with Gasteiger partial charge in [-0.25, -0.2) is 9.78 Å². The monoisotopic (exact) mass is 481 g/mol. The van der Waals surface area contributed by atoms with Crippen molar-refractivity contribution in [3.8, 4) is 28.3 Å². The molecule has 1 saturated carbocycles.